The maximum atomic E-state index is 13.8. The Kier molecular flexibility index (Phi) is 6.26. The van der Waals surface area contributed by atoms with Gasteiger partial charge in [0.15, 0.2) is 0 Å². The van der Waals surface area contributed by atoms with Crippen molar-refractivity contribution in [1.29, 1.82) is 0 Å². The molecular weight excluding hydrogens is 553 g/mol. The third-order valence-corrected chi connectivity index (χ3v) is 6.19. The van der Waals surface area contributed by atoms with Crippen LogP contribution >= 0.6 is 22.6 Å². The molecule has 0 saturated heterocycles. The van der Waals surface area contributed by atoms with E-state index < -0.39 is 23.5 Å². The van der Waals surface area contributed by atoms with Crippen LogP contribution in [0.3, 0.4) is 0 Å². The number of alkyl halides is 3. The molecule has 172 valence electrons. The lowest BCUT2D eigenvalue weighted by Crippen LogP contribution is -2.17. The Labute approximate surface area is 200 Å². The van der Waals surface area contributed by atoms with E-state index in [1.807, 2.05) is 22.6 Å². The van der Waals surface area contributed by atoms with Gasteiger partial charge < -0.3 is 15.2 Å². The normalized spacial score (nSPS) is 13.6. The smallest absolute Gasteiger partial charge is 0.416 e. The predicted octanol–water partition coefficient (Wildman–Crippen LogP) is 7.39. The number of aryl methyl sites for hydroxylation is 1. The molecule has 3 aromatic rings. The number of ether oxygens (including phenoxy) is 1. The number of phenolic OH excluding ortho intramolecular Hbond substituents is 1. The van der Waals surface area contributed by atoms with Crippen LogP contribution in [0.1, 0.15) is 45.8 Å². The van der Waals surface area contributed by atoms with Gasteiger partial charge in [-0.15, -0.1) is 0 Å². The molecule has 33 heavy (non-hydrogen) atoms. The molecule has 0 heterocycles. The highest BCUT2D eigenvalue weighted by Crippen LogP contribution is 2.48. The quantitative estimate of drug-likeness (QED) is 0.248. The molecule has 1 amide bonds. The second-order valence-corrected chi connectivity index (χ2v) is 9.00. The van der Waals surface area contributed by atoms with Crippen molar-refractivity contribution >= 4 is 34.2 Å². The van der Waals surface area contributed by atoms with Crippen LogP contribution in [-0.2, 0) is 6.18 Å². The first-order chi connectivity index (χ1) is 15.5. The second-order valence-electron chi connectivity index (χ2n) is 7.84. The Morgan fingerprint density at radius 2 is 1.82 bits per heavy atom. The van der Waals surface area contributed by atoms with Gasteiger partial charge in [0.25, 0.3) is 5.91 Å². The summed E-state index contributed by atoms with van der Waals surface area (Å²) in [7, 11) is 0. The zero-order valence-corrected chi connectivity index (χ0v) is 19.4. The number of halogens is 5. The molecule has 9 heteroatoms. The summed E-state index contributed by atoms with van der Waals surface area (Å²) < 4.78 is 61.4. The number of amides is 1. The molecule has 4 rings (SSSR count). The average molecular weight is 571 g/mol. The number of anilines is 1. The molecule has 0 radical (unpaired) electrons. The van der Waals surface area contributed by atoms with Gasteiger partial charge in [-0.2, -0.15) is 13.2 Å². The Balaban J connectivity index is 1.79. The minimum atomic E-state index is -4.65. The lowest BCUT2D eigenvalue weighted by molar-refractivity contribution is -0.138. The predicted molar refractivity (Wildman–Crippen MR) is 123 cm³/mol. The van der Waals surface area contributed by atoms with Crippen molar-refractivity contribution in [3.63, 3.8) is 0 Å². The van der Waals surface area contributed by atoms with Gasteiger partial charge in [0, 0.05) is 11.8 Å². The fourth-order valence-corrected chi connectivity index (χ4v) is 3.81. The first-order valence-corrected chi connectivity index (χ1v) is 11.1. The highest BCUT2D eigenvalue weighted by molar-refractivity contribution is 14.1. The Morgan fingerprint density at radius 1 is 1.09 bits per heavy atom. The zero-order chi connectivity index (χ0) is 23.9. The molecular formula is C24H18F4INO3. The lowest BCUT2D eigenvalue weighted by atomic mass is 9.98. The van der Waals surface area contributed by atoms with Crippen LogP contribution in [-0.4, -0.2) is 11.0 Å². The molecule has 0 atom stereocenters. The summed E-state index contributed by atoms with van der Waals surface area (Å²) in [4.78, 5) is 13.0. The average Bonchev–Trinajstić information content (AvgIpc) is 3.57. The molecule has 0 aromatic heterocycles. The van der Waals surface area contributed by atoms with E-state index in [2.05, 4.69) is 5.32 Å². The Hall–Kier alpha value is -2.82. The van der Waals surface area contributed by atoms with Crippen molar-refractivity contribution in [1.82, 2.24) is 0 Å². The van der Waals surface area contributed by atoms with Crippen molar-refractivity contribution in [3.8, 4) is 17.2 Å². The van der Waals surface area contributed by atoms with Gasteiger partial charge in [-0.05, 0) is 102 Å². The SMILES string of the molecule is Cc1cc(F)ccc1Oc1cc(C2CC2)c(C(F)(F)F)cc1C(=O)Nc1ccc(I)c(O)c1. The molecule has 4 nitrogen and oxygen atoms in total. The molecule has 3 aromatic carbocycles. The van der Waals surface area contributed by atoms with Gasteiger partial charge in [-0.3, -0.25) is 4.79 Å². The second kappa shape index (κ2) is 8.85. The van der Waals surface area contributed by atoms with Crippen LogP contribution in [0.5, 0.6) is 17.2 Å². The van der Waals surface area contributed by atoms with Crippen molar-refractivity contribution in [2.75, 3.05) is 5.32 Å². The molecule has 1 fully saturated rings. The van der Waals surface area contributed by atoms with Crippen molar-refractivity contribution in [3.05, 3.63) is 80.2 Å². The molecule has 0 bridgehead atoms. The van der Waals surface area contributed by atoms with E-state index in [0.717, 1.165) is 6.07 Å². The fourth-order valence-electron chi connectivity index (χ4n) is 3.47. The Bertz CT molecular complexity index is 1240. The van der Waals surface area contributed by atoms with E-state index >= 15 is 0 Å². The van der Waals surface area contributed by atoms with E-state index in [9.17, 15) is 27.5 Å². The molecule has 0 unspecified atom stereocenters. The number of nitrogens with one attached hydrogen (secondary N) is 1. The summed E-state index contributed by atoms with van der Waals surface area (Å²) in [6, 6.07) is 10.2. The number of benzene rings is 3. The van der Waals surface area contributed by atoms with Crippen molar-refractivity contribution in [2.24, 2.45) is 0 Å². The van der Waals surface area contributed by atoms with E-state index in [-0.39, 0.29) is 40.0 Å². The first-order valence-electron chi connectivity index (χ1n) is 10.0. The summed E-state index contributed by atoms with van der Waals surface area (Å²) >= 11 is 1.90. The van der Waals surface area contributed by atoms with Gasteiger partial charge in [-0.25, -0.2) is 4.39 Å². The number of carbonyl (C=O) groups excluding carboxylic acids is 1. The number of hydrogen-bond donors (Lipinski definition) is 2. The molecule has 0 aliphatic heterocycles. The van der Waals surface area contributed by atoms with Crippen LogP contribution in [0, 0.1) is 16.3 Å². The minimum Gasteiger partial charge on any atom is -0.507 e. The molecule has 1 saturated carbocycles. The van der Waals surface area contributed by atoms with E-state index in [0.29, 0.717) is 22.0 Å². The summed E-state index contributed by atoms with van der Waals surface area (Å²) in [5.74, 6) is -1.50. The standard InChI is InChI=1S/C24H18F4INO3/c1-12-8-14(25)4-7-21(12)33-22-11-16(13-2-3-13)18(24(26,27)28)10-17(22)23(32)30-15-5-6-19(29)20(31)9-15/h4-11,13,31H,2-3H2,1H3,(H,30,32). The highest BCUT2D eigenvalue weighted by atomic mass is 127. The van der Waals surface area contributed by atoms with Gasteiger partial charge in [0.2, 0.25) is 0 Å². The lowest BCUT2D eigenvalue weighted by Gasteiger charge is -2.19. The zero-order valence-electron chi connectivity index (χ0n) is 17.3. The molecule has 2 N–H and O–H groups in total. The highest BCUT2D eigenvalue weighted by Gasteiger charge is 2.40. The summed E-state index contributed by atoms with van der Waals surface area (Å²) in [5.41, 5.74) is -0.503. The van der Waals surface area contributed by atoms with Crippen LogP contribution in [0.15, 0.2) is 48.5 Å². The van der Waals surface area contributed by atoms with Gasteiger partial charge in [0.1, 0.15) is 23.1 Å². The van der Waals surface area contributed by atoms with Gasteiger partial charge in [0.05, 0.1) is 14.7 Å². The number of aromatic hydroxyl groups is 1. The third kappa shape index (κ3) is 5.23. The monoisotopic (exact) mass is 571 g/mol. The molecule has 1 aliphatic rings. The maximum absolute atomic E-state index is 13.8. The van der Waals surface area contributed by atoms with Crippen LogP contribution in [0.25, 0.3) is 0 Å². The largest absolute Gasteiger partial charge is 0.507 e. The number of carbonyl (C=O) groups is 1. The third-order valence-electron chi connectivity index (χ3n) is 5.28. The van der Waals surface area contributed by atoms with E-state index in [1.54, 1.807) is 13.0 Å². The fraction of sp³-hybridized carbons (Fsp3) is 0.208. The topological polar surface area (TPSA) is 58.6 Å². The van der Waals surface area contributed by atoms with Crippen molar-refractivity contribution < 1.29 is 32.2 Å². The molecule has 0 spiro atoms. The Morgan fingerprint density at radius 3 is 2.42 bits per heavy atom. The molecule has 1 aliphatic carbocycles. The maximum Gasteiger partial charge on any atom is 0.416 e. The van der Waals surface area contributed by atoms with Gasteiger partial charge in [-0.1, -0.05) is 0 Å². The van der Waals surface area contributed by atoms with Crippen LogP contribution < -0.4 is 10.1 Å². The number of hydrogen-bond acceptors (Lipinski definition) is 3. The van der Waals surface area contributed by atoms with Crippen LogP contribution in [0.4, 0.5) is 23.2 Å². The van der Waals surface area contributed by atoms with E-state index in [4.69, 9.17) is 4.74 Å². The van der Waals surface area contributed by atoms with Gasteiger partial charge >= 0.3 is 6.18 Å². The summed E-state index contributed by atoms with van der Waals surface area (Å²) in [6.07, 6.45) is -3.42. The minimum absolute atomic E-state index is 0.0631. The number of phenols is 1. The van der Waals surface area contributed by atoms with Crippen LogP contribution in [0.2, 0.25) is 0 Å². The number of rotatable bonds is 5. The summed E-state index contributed by atoms with van der Waals surface area (Å²) in [6.45, 7) is 1.60. The van der Waals surface area contributed by atoms with E-state index in [1.165, 1.54) is 36.4 Å². The van der Waals surface area contributed by atoms with Crippen molar-refractivity contribution in [2.45, 2.75) is 31.9 Å². The first kappa shape index (κ1) is 23.3. The summed E-state index contributed by atoms with van der Waals surface area (Å²) in [5, 5.41) is 12.4.